The zero-order valence-electron chi connectivity index (χ0n) is 34.4. The molecule has 1 saturated heterocycles. The molecular weight excluding hydrogens is 770 g/mol. The number of nitrogens with zero attached hydrogens (tertiary/aromatic N) is 2. The molecule has 0 unspecified atom stereocenters. The summed E-state index contributed by atoms with van der Waals surface area (Å²) in [5, 5.41) is 1.76. The van der Waals surface area contributed by atoms with Crippen molar-refractivity contribution >= 4 is 56.0 Å². The van der Waals surface area contributed by atoms with Crippen molar-refractivity contribution in [3.63, 3.8) is 0 Å². The number of allylic oxidation sites excluding steroid dienone is 2. The molecule has 14 heteroatoms. The topological polar surface area (TPSA) is 158 Å². The monoisotopic (exact) mass is 827 g/mol. The van der Waals surface area contributed by atoms with Crippen LogP contribution in [0.25, 0.3) is 10.8 Å². The Morgan fingerprint density at radius 2 is 1.82 bits per heavy atom. The number of sulfonamides is 1. The van der Waals surface area contributed by atoms with Crippen LogP contribution in [0.2, 0.25) is 5.02 Å². The Labute approximate surface area is 341 Å². The van der Waals surface area contributed by atoms with Crippen LogP contribution in [0.1, 0.15) is 113 Å². The highest BCUT2D eigenvalue weighted by molar-refractivity contribution is 7.91. The molecule has 1 aromatic heterocycles. The number of fused-ring (bicyclic) bond motifs is 3. The molecule has 2 aliphatic carbocycles. The number of rotatable bonds is 9. The molecule has 1 aromatic carbocycles. The van der Waals surface area contributed by atoms with Gasteiger partial charge in [-0.15, -0.1) is 0 Å². The van der Waals surface area contributed by atoms with Crippen LogP contribution in [0.3, 0.4) is 0 Å². The molecule has 2 amide bonds. The van der Waals surface area contributed by atoms with Crippen LogP contribution in [0.5, 0.6) is 11.8 Å². The fourth-order valence-electron chi connectivity index (χ4n) is 8.38. The lowest BCUT2D eigenvalue weighted by Gasteiger charge is -2.32. The lowest BCUT2D eigenvalue weighted by molar-refractivity contribution is -0.160. The molecule has 57 heavy (non-hydrogen) atoms. The van der Waals surface area contributed by atoms with Gasteiger partial charge in [-0.2, -0.15) is 4.98 Å². The molecule has 6 rings (SSSR count). The number of aromatic nitrogens is 1. The van der Waals surface area contributed by atoms with Crippen molar-refractivity contribution in [2.75, 3.05) is 6.54 Å². The average molecular weight is 828 g/mol. The van der Waals surface area contributed by atoms with Gasteiger partial charge in [0, 0.05) is 34.7 Å². The highest BCUT2D eigenvalue weighted by Gasteiger charge is 2.62. The quantitative estimate of drug-likeness (QED) is 0.200. The minimum Gasteiger partial charge on any atom is -0.475 e. The second-order valence-electron chi connectivity index (χ2n) is 18.5. The predicted octanol–water partition coefficient (Wildman–Crippen LogP) is 7.35. The Kier molecular flexibility index (Phi) is 12.2. The van der Waals surface area contributed by atoms with E-state index >= 15 is 0 Å². The Morgan fingerprint density at radius 1 is 1.11 bits per heavy atom. The van der Waals surface area contributed by atoms with E-state index in [0.717, 1.165) is 6.42 Å². The van der Waals surface area contributed by atoms with E-state index < -0.39 is 55.7 Å². The summed E-state index contributed by atoms with van der Waals surface area (Å²) in [5.74, 6) is -2.59. The van der Waals surface area contributed by atoms with E-state index in [-0.39, 0.29) is 67.2 Å². The highest BCUT2D eigenvalue weighted by Crippen LogP contribution is 2.58. The van der Waals surface area contributed by atoms with Crippen LogP contribution in [-0.4, -0.2) is 77.0 Å². The van der Waals surface area contributed by atoms with E-state index in [0.29, 0.717) is 53.8 Å². The van der Waals surface area contributed by atoms with E-state index in [2.05, 4.69) is 16.6 Å². The summed E-state index contributed by atoms with van der Waals surface area (Å²) in [6, 6.07) is 6.09. The third-order valence-corrected chi connectivity index (χ3v) is 14.5. The first-order valence-electron chi connectivity index (χ1n) is 20.3. The Balaban J connectivity index is 1.37. The number of pyridine rings is 1. The maximum atomic E-state index is 15.0. The van der Waals surface area contributed by atoms with E-state index in [9.17, 15) is 27.6 Å². The molecule has 0 spiro atoms. The molecule has 312 valence electrons. The van der Waals surface area contributed by atoms with E-state index in [4.69, 9.17) is 25.8 Å². The van der Waals surface area contributed by atoms with Crippen molar-refractivity contribution in [3.05, 3.63) is 41.4 Å². The van der Waals surface area contributed by atoms with Gasteiger partial charge in [0.05, 0.1) is 41.2 Å². The second-order valence-corrected chi connectivity index (χ2v) is 21.1. The number of carbonyl (C=O) groups excluding carboxylic acids is 4. The zero-order chi connectivity index (χ0) is 41.7. The molecule has 2 saturated carbocycles. The summed E-state index contributed by atoms with van der Waals surface area (Å²) in [6.45, 7) is 14.8. The smallest absolute Gasteiger partial charge is 0.307 e. The molecule has 3 fully saturated rings. The van der Waals surface area contributed by atoms with Crippen LogP contribution in [-0.2, 0) is 33.9 Å². The molecule has 0 radical (unpaired) electrons. The number of hydrogen-bond acceptors (Lipinski definition) is 10. The van der Waals surface area contributed by atoms with Gasteiger partial charge in [0.25, 0.3) is 0 Å². The third kappa shape index (κ3) is 9.61. The number of carbonyl (C=O) groups is 4. The molecule has 0 bridgehead atoms. The fraction of sp³-hybridized carbons (Fsp3) is 0.651. The van der Waals surface area contributed by atoms with Gasteiger partial charge in [-0.1, -0.05) is 43.7 Å². The summed E-state index contributed by atoms with van der Waals surface area (Å²) in [7, 11) is -3.97. The van der Waals surface area contributed by atoms with E-state index in [1.165, 1.54) is 4.90 Å². The Bertz CT molecular complexity index is 2040. The third-order valence-electron chi connectivity index (χ3n) is 12.0. The summed E-state index contributed by atoms with van der Waals surface area (Å²) in [5.41, 5.74) is -2.05. The number of ketones is 1. The van der Waals surface area contributed by atoms with E-state index in [1.807, 2.05) is 39.0 Å². The minimum atomic E-state index is -3.97. The summed E-state index contributed by atoms with van der Waals surface area (Å²) < 4.78 is 46.1. The SMILES string of the molecule is CC(C)Oc1cc2c(Cl)cccc2c(O[C@@H]2C[C@H]3C(=O)C[C@]4(C(=O)NS(=O)(=O)C5(C)CC5)C[C@H]4/C=C\CC[C@H](C)C[C@@H](C)[C@H](CC(=O)OC(C)(C)C)C(=O)N3C2)n1. The normalized spacial score (nSPS) is 29.8. The molecule has 4 aliphatic rings. The van der Waals surface area contributed by atoms with Crippen molar-refractivity contribution in [3.8, 4) is 11.8 Å². The summed E-state index contributed by atoms with van der Waals surface area (Å²) in [4.78, 5) is 63.3. The van der Waals surface area contributed by atoms with Crippen LogP contribution < -0.4 is 14.2 Å². The lowest BCUT2D eigenvalue weighted by Crippen LogP contribution is -2.48. The first-order valence-corrected chi connectivity index (χ1v) is 22.2. The van der Waals surface area contributed by atoms with Gasteiger partial charge in [-0.05, 0) is 110 Å². The number of Topliss-reactive ketones (excluding diaryl/α,β-unsaturated/α-hetero) is 1. The number of halogens is 1. The van der Waals surface area contributed by atoms with Gasteiger partial charge in [-0.3, -0.25) is 23.9 Å². The molecule has 2 aromatic rings. The Morgan fingerprint density at radius 3 is 2.49 bits per heavy atom. The van der Waals surface area contributed by atoms with Gasteiger partial charge in [0.15, 0.2) is 5.78 Å². The second kappa shape index (κ2) is 16.2. The van der Waals surface area contributed by atoms with Crippen molar-refractivity contribution < 1.29 is 41.8 Å². The van der Waals surface area contributed by atoms with Crippen molar-refractivity contribution in [1.82, 2.24) is 14.6 Å². The van der Waals surface area contributed by atoms with Crippen molar-refractivity contribution in [1.29, 1.82) is 0 Å². The predicted molar refractivity (Wildman–Crippen MR) is 217 cm³/mol. The molecule has 3 heterocycles. The molecule has 12 nitrogen and oxygen atoms in total. The summed E-state index contributed by atoms with van der Waals surface area (Å²) in [6.07, 6.45) is 6.09. The number of hydrogen-bond donors (Lipinski definition) is 1. The number of benzene rings is 1. The number of amides is 2. The van der Waals surface area contributed by atoms with E-state index in [1.54, 1.807) is 45.9 Å². The van der Waals surface area contributed by atoms with Gasteiger partial charge in [-0.25, -0.2) is 8.42 Å². The van der Waals surface area contributed by atoms with Crippen LogP contribution in [0.4, 0.5) is 0 Å². The average Bonchev–Trinajstić information content (AvgIpc) is 3.98. The maximum absolute atomic E-state index is 15.0. The molecular formula is C43H58ClN3O9S. The lowest BCUT2D eigenvalue weighted by atomic mass is 9.82. The zero-order valence-corrected chi connectivity index (χ0v) is 36.0. The first kappa shape index (κ1) is 42.9. The first-order chi connectivity index (χ1) is 26.6. The van der Waals surface area contributed by atoms with Crippen LogP contribution >= 0.6 is 11.6 Å². The molecule has 2 aliphatic heterocycles. The summed E-state index contributed by atoms with van der Waals surface area (Å²) >= 11 is 6.62. The van der Waals surface area contributed by atoms with Crippen LogP contribution in [0.15, 0.2) is 36.4 Å². The number of nitrogens with one attached hydrogen (secondary N) is 1. The van der Waals surface area contributed by atoms with Crippen molar-refractivity contribution in [2.24, 2.45) is 29.1 Å². The van der Waals surface area contributed by atoms with Gasteiger partial charge >= 0.3 is 5.97 Å². The molecule has 7 atom stereocenters. The van der Waals surface area contributed by atoms with Gasteiger partial charge < -0.3 is 19.1 Å². The minimum absolute atomic E-state index is 0.0105. The van der Waals surface area contributed by atoms with Crippen molar-refractivity contribution in [2.45, 2.75) is 142 Å². The van der Waals surface area contributed by atoms with Gasteiger partial charge in [0.2, 0.25) is 33.6 Å². The molecule has 1 N–H and O–H groups in total. The number of esters is 1. The number of ether oxygens (including phenoxy) is 3. The van der Waals surface area contributed by atoms with Crippen LogP contribution in [0, 0.1) is 29.1 Å². The van der Waals surface area contributed by atoms with Gasteiger partial charge in [0.1, 0.15) is 11.7 Å². The fourth-order valence-corrected chi connectivity index (χ4v) is 9.95. The highest BCUT2D eigenvalue weighted by atomic mass is 35.5. The standard InChI is InChI=1S/C43H58ClN3O9S/c1-25(2)54-36-20-32-30(14-11-15-33(32)44)38(45-36)55-29-19-34-35(48)23-43(40(51)46-57(52,53)42(8)16-17-42)22-28(43)13-10-9-12-26(3)18-27(4)31(39(50)47(34)24-29)21-37(49)56-41(5,6)7/h10-11,13-15,20,25-29,31,34H,9,12,16-19,21-24H2,1-8H3,(H,46,51)/b13-10-/t26-,27+,28+,29+,31-,34-,43+/m0/s1. The largest absolute Gasteiger partial charge is 0.475 e. The maximum Gasteiger partial charge on any atom is 0.307 e. The Hall–Kier alpha value is -3.71.